The predicted molar refractivity (Wildman–Crippen MR) is 69.7 cm³/mol. The summed E-state index contributed by atoms with van der Waals surface area (Å²) in [7, 11) is 1.84. The number of hydrogen-bond acceptors (Lipinski definition) is 2. The van der Waals surface area contributed by atoms with Crippen molar-refractivity contribution in [3.05, 3.63) is 30.1 Å². The van der Waals surface area contributed by atoms with Gasteiger partial charge >= 0.3 is 0 Å². The van der Waals surface area contributed by atoms with Gasteiger partial charge in [-0.2, -0.15) is 0 Å². The molecule has 2 nitrogen and oxygen atoms in total. The highest BCUT2D eigenvalue weighted by Crippen LogP contribution is 2.23. The second-order valence-corrected chi connectivity index (χ2v) is 5.54. The Hall–Kier alpha value is -1.09. The van der Waals surface area contributed by atoms with E-state index in [-0.39, 0.29) is 17.3 Å². The summed E-state index contributed by atoms with van der Waals surface area (Å²) in [6, 6.07) is 6.69. The number of aliphatic hydroxyl groups excluding tert-OH is 1. The molecule has 0 aromatic heterocycles. The molecule has 0 aliphatic rings. The second-order valence-electron chi connectivity index (χ2n) is 5.54. The average Bonchev–Trinajstić information content (AvgIpc) is 2.24. The number of halogens is 1. The van der Waals surface area contributed by atoms with E-state index >= 15 is 0 Å². The third kappa shape index (κ3) is 4.00. The minimum absolute atomic E-state index is 0.129. The summed E-state index contributed by atoms with van der Waals surface area (Å²) < 4.78 is 13.5. The average molecular weight is 239 g/mol. The summed E-state index contributed by atoms with van der Waals surface area (Å²) >= 11 is 0. The van der Waals surface area contributed by atoms with Crippen molar-refractivity contribution in [2.24, 2.45) is 5.41 Å². The lowest BCUT2D eigenvalue weighted by molar-refractivity contribution is 0.0576. The first-order chi connectivity index (χ1) is 7.82. The van der Waals surface area contributed by atoms with Crippen molar-refractivity contribution in [1.29, 1.82) is 0 Å². The minimum atomic E-state index is -0.378. The summed E-state index contributed by atoms with van der Waals surface area (Å²) in [6.07, 6.45) is 0.255. The van der Waals surface area contributed by atoms with E-state index in [1.807, 2.05) is 38.8 Å². The topological polar surface area (TPSA) is 23.5 Å². The highest BCUT2D eigenvalue weighted by atomic mass is 19.1. The van der Waals surface area contributed by atoms with Crippen LogP contribution in [0.3, 0.4) is 0 Å². The number of hydrogen-bond donors (Lipinski definition) is 1. The minimum Gasteiger partial charge on any atom is -0.393 e. The molecule has 0 heterocycles. The Balaban J connectivity index is 2.57. The van der Waals surface area contributed by atoms with Crippen LogP contribution >= 0.6 is 0 Å². The summed E-state index contributed by atoms with van der Waals surface area (Å²) in [4.78, 5) is 1.84. The normalized spacial score (nSPS) is 13.5. The number of anilines is 1. The molecule has 0 aliphatic heterocycles. The molecule has 96 valence electrons. The molecule has 3 heteroatoms. The van der Waals surface area contributed by atoms with Crippen LogP contribution in [-0.2, 0) is 0 Å². The summed E-state index contributed by atoms with van der Waals surface area (Å²) in [6.45, 7) is 6.64. The van der Waals surface area contributed by atoms with Crippen LogP contribution < -0.4 is 4.90 Å². The lowest BCUT2D eigenvalue weighted by atomic mass is 9.87. The molecule has 17 heavy (non-hydrogen) atoms. The van der Waals surface area contributed by atoms with Gasteiger partial charge in [-0.3, -0.25) is 0 Å². The van der Waals surface area contributed by atoms with Crippen LogP contribution in [0.15, 0.2) is 24.3 Å². The van der Waals surface area contributed by atoms with Gasteiger partial charge in [-0.1, -0.05) is 32.9 Å². The Morgan fingerprint density at radius 2 is 1.88 bits per heavy atom. The lowest BCUT2D eigenvalue weighted by Crippen LogP contribution is -2.31. The number of nitrogens with zero attached hydrogens (tertiary/aromatic N) is 1. The fraction of sp³-hybridized carbons (Fsp3) is 0.571. The van der Waals surface area contributed by atoms with Crippen molar-refractivity contribution in [1.82, 2.24) is 0 Å². The molecule has 1 aromatic carbocycles. The van der Waals surface area contributed by atoms with Crippen LogP contribution in [0.4, 0.5) is 10.1 Å². The maximum atomic E-state index is 13.5. The number of rotatable bonds is 4. The van der Waals surface area contributed by atoms with Gasteiger partial charge < -0.3 is 10.0 Å². The lowest BCUT2D eigenvalue weighted by Gasteiger charge is -2.28. The monoisotopic (exact) mass is 239 g/mol. The molecule has 1 N–H and O–H groups in total. The van der Waals surface area contributed by atoms with Gasteiger partial charge in [0, 0.05) is 13.6 Å². The van der Waals surface area contributed by atoms with Crippen LogP contribution in [0, 0.1) is 11.2 Å². The smallest absolute Gasteiger partial charge is 0.146 e. The van der Waals surface area contributed by atoms with E-state index in [1.54, 1.807) is 12.1 Å². The fourth-order valence-corrected chi connectivity index (χ4v) is 1.63. The predicted octanol–water partition coefficient (Wildman–Crippen LogP) is 3.06. The van der Waals surface area contributed by atoms with Gasteiger partial charge in [-0.15, -0.1) is 0 Å². The number of benzene rings is 1. The van der Waals surface area contributed by atoms with E-state index in [9.17, 15) is 9.50 Å². The van der Waals surface area contributed by atoms with Gasteiger partial charge in [0.05, 0.1) is 11.8 Å². The molecule has 1 aromatic rings. The van der Waals surface area contributed by atoms with E-state index in [4.69, 9.17) is 0 Å². The molecule has 0 aliphatic carbocycles. The Labute approximate surface area is 103 Å². The largest absolute Gasteiger partial charge is 0.393 e. The zero-order valence-corrected chi connectivity index (χ0v) is 11.1. The molecule has 0 saturated carbocycles. The van der Waals surface area contributed by atoms with Crippen molar-refractivity contribution in [3.8, 4) is 0 Å². The van der Waals surface area contributed by atoms with Gasteiger partial charge in [0.15, 0.2) is 0 Å². The van der Waals surface area contributed by atoms with E-state index in [1.165, 1.54) is 6.07 Å². The van der Waals surface area contributed by atoms with E-state index in [0.717, 1.165) is 0 Å². The van der Waals surface area contributed by atoms with Crippen molar-refractivity contribution in [2.75, 3.05) is 18.5 Å². The molecule has 0 bridgehead atoms. The van der Waals surface area contributed by atoms with Crippen molar-refractivity contribution < 1.29 is 9.50 Å². The molecule has 1 unspecified atom stereocenters. The molecule has 0 amide bonds. The zero-order chi connectivity index (χ0) is 13.1. The van der Waals surface area contributed by atoms with Crippen molar-refractivity contribution in [3.63, 3.8) is 0 Å². The van der Waals surface area contributed by atoms with Gasteiger partial charge in [-0.25, -0.2) is 4.39 Å². The summed E-state index contributed by atoms with van der Waals surface area (Å²) in [5, 5.41) is 9.93. The molecular formula is C14H22FNO. The quantitative estimate of drug-likeness (QED) is 0.873. The van der Waals surface area contributed by atoms with Gasteiger partial charge in [0.2, 0.25) is 0 Å². The van der Waals surface area contributed by atoms with E-state index in [2.05, 4.69) is 0 Å². The maximum Gasteiger partial charge on any atom is 0.146 e. The first kappa shape index (κ1) is 14.0. The number of aliphatic hydroxyl groups is 1. The molecule has 1 atom stereocenters. The SMILES string of the molecule is CN(CCC(O)C(C)(C)C)c1ccccc1F. The van der Waals surface area contributed by atoms with Gasteiger partial charge in [0.1, 0.15) is 5.82 Å². The van der Waals surface area contributed by atoms with Crippen LogP contribution in [0.25, 0.3) is 0 Å². The second kappa shape index (κ2) is 5.50. The third-order valence-electron chi connectivity index (χ3n) is 3.00. The highest BCUT2D eigenvalue weighted by molar-refractivity contribution is 5.46. The first-order valence-electron chi connectivity index (χ1n) is 5.96. The molecule has 1 rings (SSSR count). The van der Waals surface area contributed by atoms with Crippen molar-refractivity contribution >= 4 is 5.69 Å². The zero-order valence-electron chi connectivity index (χ0n) is 11.1. The molecule has 0 radical (unpaired) electrons. The van der Waals surface area contributed by atoms with E-state index < -0.39 is 0 Å². The standard InChI is InChI=1S/C14H22FNO/c1-14(2,3)13(17)9-10-16(4)12-8-6-5-7-11(12)15/h5-8,13,17H,9-10H2,1-4H3. The number of para-hydroxylation sites is 1. The molecule has 0 fully saturated rings. The molecule has 0 saturated heterocycles. The Bertz CT molecular complexity index is 359. The summed E-state index contributed by atoms with van der Waals surface area (Å²) in [5.41, 5.74) is 0.449. The van der Waals surface area contributed by atoms with Crippen LogP contribution in [0.5, 0.6) is 0 Å². The maximum absolute atomic E-state index is 13.5. The first-order valence-corrected chi connectivity index (χ1v) is 5.96. The molecule has 0 spiro atoms. The van der Waals surface area contributed by atoms with Crippen LogP contribution in [0.1, 0.15) is 27.2 Å². The van der Waals surface area contributed by atoms with Crippen molar-refractivity contribution in [2.45, 2.75) is 33.3 Å². The fourth-order valence-electron chi connectivity index (χ4n) is 1.63. The Morgan fingerprint density at radius 3 is 2.41 bits per heavy atom. The Kier molecular flexibility index (Phi) is 4.52. The summed E-state index contributed by atoms with van der Waals surface area (Å²) in [5.74, 6) is -0.222. The van der Waals surface area contributed by atoms with Gasteiger partial charge in [0.25, 0.3) is 0 Å². The molecular weight excluding hydrogens is 217 g/mol. The Morgan fingerprint density at radius 1 is 1.29 bits per heavy atom. The van der Waals surface area contributed by atoms with Gasteiger partial charge in [-0.05, 0) is 24.0 Å². The van der Waals surface area contributed by atoms with E-state index in [0.29, 0.717) is 18.7 Å². The van der Waals surface area contributed by atoms with Crippen LogP contribution in [-0.4, -0.2) is 24.8 Å². The third-order valence-corrected chi connectivity index (χ3v) is 3.00. The highest BCUT2D eigenvalue weighted by Gasteiger charge is 2.22. The van der Waals surface area contributed by atoms with Crippen LogP contribution in [0.2, 0.25) is 0 Å².